The third-order valence-electron chi connectivity index (χ3n) is 6.01. The number of hydrogen-bond donors (Lipinski definition) is 1. The van der Waals surface area contributed by atoms with Gasteiger partial charge in [0.05, 0.1) is 12.4 Å². The molecule has 1 aliphatic rings. The maximum absolute atomic E-state index is 12.5. The van der Waals surface area contributed by atoms with Crippen molar-refractivity contribution in [3.8, 4) is 5.69 Å². The van der Waals surface area contributed by atoms with Crippen molar-refractivity contribution in [2.24, 2.45) is 11.8 Å². The molecule has 1 aromatic heterocycles. The van der Waals surface area contributed by atoms with E-state index in [2.05, 4.69) is 68.1 Å². The van der Waals surface area contributed by atoms with Gasteiger partial charge in [0.25, 0.3) is 0 Å². The fourth-order valence-electron chi connectivity index (χ4n) is 3.71. The van der Waals surface area contributed by atoms with Crippen molar-refractivity contribution < 1.29 is 4.79 Å². The molecule has 1 atom stereocenters. The molecule has 1 fully saturated rings. The third-order valence-corrected chi connectivity index (χ3v) is 6.41. The average molecular weight is 416 g/mol. The van der Waals surface area contributed by atoms with Crippen molar-refractivity contribution in [1.82, 2.24) is 24.6 Å². The summed E-state index contributed by atoms with van der Waals surface area (Å²) in [6.45, 7) is 12.9. The quantitative estimate of drug-likeness (QED) is 0.728. The summed E-state index contributed by atoms with van der Waals surface area (Å²) in [7, 11) is 0. The normalized spacial score (nSPS) is 16.9. The molecule has 0 radical (unpaired) electrons. The summed E-state index contributed by atoms with van der Waals surface area (Å²) in [6.07, 6.45) is 3.55. The zero-order valence-electron chi connectivity index (χ0n) is 18.2. The van der Waals surface area contributed by atoms with Gasteiger partial charge in [0.2, 0.25) is 10.7 Å². The smallest absolute Gasteiger partial charge is 0.223 e. The average Bonchev–Trinajstić information content (AvgIpc) is 3.02. The van der Waals surface area contributed by atoms with Gasteiger partial charge in [0.1, 0.15) is 6.33 Å². The Labute approximate surface area is 178 Å². The second kappa shape index (κ2) is 9.22. The van der Waals surface area contributed by atoms with Crippen LogP contribution in [0.15, 0.2) is 24.5 Å². The van der Waals surface area contributed by atoms with Crippen LogP contribution in [0.1, 0.15) is 44.7 Å². The van der Waals surface area contributed by atoms with Crippen LogP contribution in [0.5, 0.6) is 0 Å². The number of rotatable bonds is 6. The molecule has 1 unspecified atom stereocenters. The number of aromatic nitrogens is 3. The van der Waals surface area contributed by atoms with E-state index in [1.165, 1.54) is 11.1 Å². The number of carbonyl (C=O) groups is 1. The standard InChI is InChI=1S/C22H33N5OS/c1-15(2)18(5)24-21(28)19-8-10-25(11-9-19)14-27-22(29)26(13-23-27)20-7-6-16(3)12-17(20)4/h6-7,12-13,15,18-19H,8-11,14H2,1-5H3,(H,24,28). The van der Waals surface area contributed by atoms with Crippen molar-refractivity contribution in [2.45, 2.75) is 60.2 Å². The largest absolute Gasteiger partial charge is 0.353 e. The molecule has 3 rings (SSSR count). The summed E-state index contributed by atoms with van der Waals surface area (Å²) < 4.78 is 4.54. The number of piperidine rings is 1. The Morgan fingerprint density at radius 2 is 1.93 bits per heavy atom. The lowest BCUT2D eigenvalue weighted by atomic mass is 9.95. The SMILES string of the molecule is Cc1ccc(-n2cnn(CN3CCC(C(=O)NC(C)C(C)C)CC3)c2=S)c(C)c1. The fourth-order valence-corrected chi connectivity index (χ4v) is 3.96. The van der Waals surface area contributed by atoms with Crippen molar-refractivity contribution in [3.63, 3.8) is 0 Å². The lowest BCUT2D eigenvalue weighted by Gasteiger charge is -2.32. The van der Waals surface area contributed by atoms with E-state index in [1.54, 1.807) is 6.33 Å². The number of nitrogens with one attached hydrogen (secondary N) is 1. The van der Waals surface area contributed by atoms with Crippen LogP contribution >= 0.6 is 12.2 Å². The zero-order valence-corrected chi connectivity index (χ0v) is 19.0. The first kappa shape index (κ1) is 21.7. The molecule has 0 saturated carbocycles. The van der Waals surface area contributed by atoms with Gasteiger partial charge in [0, 0.05) is 25.0 Å². The van der Waals surface area contributed by atoms with Gasteiger partial charge in [-0.25, -0.2) is 4.68 Å². The highest BCUT2D eigenvalue weighted by atomic mass is 32.1. The summed E-state index contributed by atoms with van der Waals surface area (Å²) in [4.78, 5) is 14.8. The van der Waals surface area contributed by atoms with E-state index in [4.69, 9.17) is 12.2 Å². The molecule has 0 spiro atoms. The molecule has 7 heteroatoms. The Hall–Kier alpha value is -1.99. The second-order valence-corrected chi connectivity index (χ2v) is 9.01. The van der Waals surface area contributed by atoms with Crippen molar-refractivity contribution >= 4 is 18.1 Å². The third kappa shape index (κ3) is 5.14. The van der Waals surface area contributed by atoms with E-state index in [9.17, 15) is 4.79 Å². The number of nitrogens with zero attached hydrogens (tertiary/aromatic N) is 4. The van der Waals surface area contributed by atoms with E-state index >= 15 is 0 Å². The van der Waals surface area contributed by atoms with Crippen molar-refractivity contribution in [1.29, 1.82) is 0 Å². The highest BCUT2D eigenvalue weighted by Gasteiger charge is 2.26. The molecule has 0 bridgehead atoms. The summed E-state index contributed by atoms with van der Waals surface area (Å²) in [5, 5.41) is 7.68. The Morgan fingerprint density at radius 1 is 1.24 bits per heavy atom. The second-order valence-electron chi connectivity index (χ2n) is 8.65. The molecule has 29 heavy (non-hydrogen) atoms. The van der Waals surface area contributed by atoms with Gasteiger partial charge >= 0.3 is 0 Å². The van der Waals surface area contributed by atoms with E-state index < -0.39 is 0 Å². The van der Waals surface area contributed by atoms with Gasteiger partial charge in [-0.2, -0.15) is 5.10 Å². The van der Waals surface area contributed by atoms with Crippen LogP contribution in [-0.4, -0.2) is 44.3 Å². The monoisotopic (exact) mass is 415 g/mol. The minimum absolute atomic E-state index is 0.105. The summed E-state index contributed by atoms with van der Waals surface area (Å²) in [6, 6.07) is 6.56. The molecule has 1 amide bonds. The predicted molar refractivity (Wildman–Crippen MR) is 119 cm³/mol. The first-order valence-corrected chi connectivity index (χ1v) is 10.9. The van der Waals surface area contributed by atoms with Crippen LogP contribution in [-0.2, 0) is 11.5 Å². The van der Waals surface area contributed by atoms with Crippen molar-refractivity contribution in [2.75, 3.05) is 13.1 Å². The first-order valence-electron chi connectivity index (χ1n) is 10.5. The zero-order chi connectivity index (χ0) is 21.1. The first-order chi connectivity index (χ1) is 13.8. The molecular formula is C22H33N5OS. The van der Waals surface area contributed by atoms with E-state index in [0.29, 0.717) is 17.4 Å². The van der Waals surface area contributed by atoms with Gasteiger partial charge in [-0.15, -0.1) is 0 Å². The molecule has 6 nitrogen and oxygen atoms in total. The fraction of sp³-hybridized carbons (Fsp3) is 0.591. The Balaban J connectivity index is 1.59. The molecule has 0 aliphatic carbocycles. The Bertz CT molecular complexity index is 908. The minimum atomic E-state index is 0.105. The van der Waals surface area contributed by atoms with Crippen LogP contribution in [0.4, 0.5) is 0 Å². The molecule has 2 heterocycles. The van der Waals surface area contributed by atoms with Gasteiger partial charge in [-0.1, -0.05) is 31.5 Å². The molecule has 1 N–H and O–H groups in total. The van der Waals surface area contributed by atoms with Crippen LogP contribution in [0.2, 0.25) is 0 Å². The maximum Gasteiger partial charge on any atom is 0.223 e. The molecule has 1 saturated heterocycles. The summed E-state index contributed by atoms with van der Waals surface area (Å²) in [5.74, 6) is 0.753. The lowest BCUT2D eigenvalue weighted by molar-refractivity contribution is -0.127. The molecule has 1 aliphatic heterocycles. The molecular weight excluding hydrogens is 382 g/mol. The maximum atomic E-state index is 12.5. The number of amides is 1. The number of aryl methyl sites for hydroxylation is 2. The number of hydrogen-bond acceptors (Lipinski definition) is 4. The Morgan fingerprint density at radius 3 is 2.55 bits per heavy atom. The van der Waals surface area contributed by atoms with Crippen LogP contribution in [0.25, 0.3) is 5.69 Å². The van der Waals surface area contributed by atoms with Gasteiger partial charge in [0.15, 0.2) is 0 Å². The lowest BCUT2D eigenvalue weighted by Crippen LogP contribution is -2.44. The summed E-state index contributed by atoms with van der Waals surface area (Å²) >= 11 is 5.68. The summed E-state index contributed by atoms with van der Waals surface area (Å²) in [5.41, 5.74) is 3.49. The van der Waals surface area contributed by atoms with Crippen LogP contribution in [0, 0.1) is 30.5 Å². The minimum Gasteiger partial charge on any atom is -0.353 e. The highest BCUT2D eigenvalue weighted by molar-refractivity contribution is 7.71. The molecule has 2 aromatic rings. The number of benzene rings is 1. The topological polar surface area (TPSA) is 55.1 Å². The van der Waals surface area contributed by atoms with Crippen LogP contribution in [0.3, 0.4) is 0 Å². The molecule has 158 valence electrons. The van der Waals surface area contributed by atoms with Gasteiger partial charge in [-0.05, 0) is 63.4 Å². The van der Waals surface area contributed by atoms with Crippen molar-refractivity contribution in [3.05, 3.63) is 40.4 Å². The highest BCUT2D eigenvalue weighted by Crippen LogP contribution is 2.20. The van der Waals surface area contributed by atoms with E-state index in [-0.39, 0.29) is 17.9 Å². The Kier molecular flexibility index (Phi) is 6.90. The van der Waals surface area contributed by atoms with E-state index in [0.717, 1.165) is 31.6 Å². The number of likely N-dealkylation sites (tertiary alicyclic amines) is 1. The van der Waals surface area contributed by atoms with Crippen LogP contribution < -0.4 is 5.32 Å². The molecule has 1 aromatic carbocycles. The predicted octanol–water partition coefficient (Wildman–Crippen LogP) is 3.85. The number of carbonyl (C=O) groups excluding carboxylic acids is 1. The van der Waals surface area contributed by atoms with E-state index in [1.807, 2.05) is 9.25 Å². The van der Waals surface area contributed by atoms with Gasteiger partial charge < -0.3 is 5.32 Å². The van der Waals surface area contributed by atoms with Gasteiger partial charge in [-0.3, -0.25) is 14.3 Å².